The van der Waals surface area contributed by atoms with E-state index in [1.54, 1.807) is 19.2 Å². The van der Waals surface area contributed by atoms with Gasteiger partial charge < -0.3 is 10.6 Å². The van der Waals surface area contributed by atoms with Crippen LogP contribution in [0.25, 0.3) is 0 Å². The van der Waals surface area contributed by atoms with Crippen molar-refractivity contribution < 1.29 is 9.59 Å². The zero-order valence-corrected chi connectivity index (χ0v) is 14.1. The van der Waals surface area contributed by atoms with Crippen LogP contribution in [0, 0.1) is 6.92 Å². The minimum atomic E-state index is -0.159. The predicted molar refractivity (Wildman–Crippen MR) is 95.3 cm³/mol. The van der Waals surface area contributed by atoms with Gasteiger partial charge in [0.25, 0.3) is 5.91 Å². The Balaban J connectivity index is 1.85. The van der Waals surface area contributed by atoms with Gasteiger partial charge in [-0.2, -0.15) is 0 Å². The molecule has 1 atom stereocenters. The van der Waals surface area contributed by atoms with Crippen LogP contribution >= 0.6 is 0 Å². The third-order valence-corrected chi connectivity index (χ3v) is 4.67. The van der Waals surface area contributed by atoms with Crippen LogP contribution in [0.1, 0.15) is 45.8 Å². The van der Waals surface area contributed by atoms with E-state index in [4.69, 9.17) is 0 Å². The first-order valence-corrected chi connectivity index (χ1v) is 8.31. The second-order valence-electron chi connectivity index (χ2n) is 6.24. The molecule has 124 valence electrons. The van der Waals surface area contributed by atoms with Gasteiger partial charge in [-0.3, -0.25) is 9.59 Å². The maximum atomic E-state index is 12.8. The Morgan fingerprint density at radius 3 is 2.71 bits per heavy atom. The quantitative estimate of drug-likeness (QED) is 0.910. The first-order chi connectivity index (χ1) is 11.6. The number of rotatable bonds is 3. The lowest BCUT2D eigenvalue weighted by atomic mass is 9.82. The molecule has 1 aliphatic carbocycles. The number of benzene rings is 2. The number of nitrogens with one attached hydrogen (secondary N) is 2. The standard InChI is InChI=1S/C20H22N2O2/c1-13-10-11-15(19(23)21-2)12-18(13)22-20(24)17-9-5-7-14-6-3-4-8-16(14)17/h3-4,6,8,10-12,17H,5,7,9H2,1-2H3,(H,21,23)(H,22,24). The first kappa shape index (κ1) is 16.2. The molecule has 1 unspecified atom stereocenters. The van der Waals surface area contributed by atoms with E-state index in [2.05, 4.69) is 16.7 Å². The molecule has 0 saturated heterocycles. The van der Waals surface area contributed by atoms with Crippen LogP contribution in [0.3, 0.4) is 0 Å². The molecule has 0 saturated carbocycles. The van der Waals surface area contributed by atoms with Gasteiger partial charge in [-0.25, -0.2) is 0 Å². The van der Waals surface area contributed by atoms with Gasteiger partial charge in [0, 0.05) is 18.3 Å². The van der Waals surface area contributed by atoms with Gasteiger partial charge in [0.05, 0.1) is 5.92 Å². The van der Waals surface area contributed by atoms with Crippen LogP contribution in [0.15, 0.2) is 42.5 Å². The van der Waals surface area contributed by atoms with Gasteiger partial charge in [-0.1, -0.05) is 30.3 Å². The molecule has 1 aliphatic rings. The largest absolute Gasteiger partial charge is 0.355 e. The van der Waals surface area contributed by atoms with Crippen molar-refractivity contribution in [3.63, 3.8) is 0 Å². The molecule has 0 bridgehead atoms. The van der Waals surface area contributed by atoms with Gasteiger partial charge in [0.2, 0.25) is 5.91 Å². The summed E-state index contributed by atoms with van der Waals surface area (Å²) in [6.45, 7) is 1.93. The fourth-order valence-electron chi connectivity index (χ4n) is 3.29. The van der Waals surface area contributed by atoms with Gasteiger partial charge in [-0.05, 0) is 55.0 Å². The van der Waals surface area contributed by atoms with Gasteiger partial charge in [-0.15, -0.1) is 0 Å². The molecular formula is C20H22N2O2. The lowest BCUT2D eigenvalue weighted by Gasteiger charge is -2.25. The van der Waals surface area contributed by atoms with Crippen LogP contribution in [0.4, 0.5) is 5.69 Å². The minimum Gasteiger partial charge on any atom is -0.355 e. The fraction of sp³-hybridized carbons (Fsp3) is 0.300. The summed E-state index contributed by atoms with van der Waals surface area (Å²) in [6.07, 6.45) is 2.91. The first-order valence-electron chi connectivity index (χ1n) is 8.31. The highest BCUT2D eigenvalue weighted by molar-refractivity contribution is 5.99. The zero-order chi connectivity index (χ0) is 17.1. The predicted octanol–water partition coefficient (Wildman–Crippen LogP) is 3.41. The molecule has 0 fully saturated rings. The normalized spacial score (nSPS) is 16.2. The highest BCUT2D eigenvalue weighted by Gasteiger charge is 2.26. The molecule has 0 aromatic heterocycles. The van der Waals surface area contributed by atoms with Gasteiger partial charge in [0.1, 0.15) is 0 Å². The Bertz CT molecular complexity index is 783. The molecular weight excluding hydrogens is 300 g/mol. The van der Waals surface area contributed by atoms with Crippen molar-refractivity contribution >= 4 is 17.5 Å². The average Bonchev–Trinajstić information content (AvgIpc) is 2.62. The lowest BCUT2D eigenvalue weighted by molar-refractivity contribution is -0.117. The van der Waals surface area contributed by atoms with E-state index in [1.807, 2.05) is 31.2 Å². The molecule has 2 N–H and O–H groups in total. The zero-order valence-electron chi connectivity index (χ0n) is 14.1. The minimum absolute atomic E-state index is 0.000642. The van der Waals surface area contributed by atoms with Gasteiger partial charge >= 0.3 is 0 Å². The summed E-state index contributed by atoms with van der Waals surface area (Å²) in [5.74, 6) is -0.286. The molecule has 2 aromatic rings. The van der Waals surface area contributed by atoms with Crippen LogP contribution in [0.2, 0.25) is 0 Å². The number of anilines is 1. The van der Waals surface area contributed by atoms with Crippen molar-refractivity contribution in [1.29, 1.82) is 0 Å². The molecule has 2 aromatic carbocycles. The van der Waals surface area contributed by atoms with Crippen molar-refractivity contribution in [3.8, 4) is 0 Å². The van der Waals surface area contributed by atoms with E-state index in [9.17, 15) is 9.59 Å². The number of carbonyl (C=O) groups is 2. The van der Waals surface area contributed by atoms with Crippen molar-refractivity contribution in [1.82, 2.24) is 5.32 Å². The van der Waals surface area contributed by atoms with E-state index < -0.39 is 0 Å². The topological polar surface area (TPSA) is 58.2 Å². The summed E-state index contributed by atoms with van der Waals surface area (Å²) in [5.41, 5.74) is 4.58. The number of carbonyl (C=O) groups excluding carboxylic acids is 2. The van der Waals surface area contributed by atoms with E-state index in [0.717, 1.165) is 30.4 Å². The summed E-state index contributed by atoms with van der Waals surface area (Å²) in [5, 5.41) is 5.63. The maximum absolute atomic E-state index is 12.8. The van der Waals surface area contributed by atoms with Crippen LogP contribution in [-0.4, -0.2) is 18.9 Å². The summed E-state index contributed by atoms with van der Waals surface area (Å²) in [7, 11) is 1.60. The summed E-state index contributed by atoms with van der Waals surface area (Å²) < 4.78 is 0. The molecule has 0 aliphatic heterocycles. The lowest BCUT2D eigenvalue weighted by Crippen LogP contribution is -2.25. The van der Waals surface area contributed by atoms with Crippen LogP contribution in [-0.2, 0) is 11.2 Å². The Morgan fingerprint density at radius 2 is 1.92 bits per heavy atom. The molecule has 0 heterocycles. The molecule has 0 spiro atoms. The Hall–Kier alpha value is -2.62. The number of aryl methyl sites for hydroxylation is 2. The Labute approximate surface area is 142 Å². The third-order valence-electron chi connectivity index (χ3n) is 4.67. The fourth-order valence-corrected chi connectivity index (χ4v) is 3.29. The average molecular weight is 322 g/mol. The highest BCUT2D eigenvalue weighted by Crippen LogP contribution is 2.32. The van der Waals surface area contributed by atoms with Crippen molar-refractivity contribution in [2.24, 2.45) is 0 Å². The number of amides is 2. The second-order valence-corrected chi connectivity index (χ2v) is 6.24. The molecule has 2 amide bonds. The van der Waals surface area contributed by atoms with E-state index in [0.29, 0.717) is 11.3 Å². The van der Waals surface area contributed by atoms with E-state index in [-0.39, 0.29) is 17.7 Å². The number of hydrogen-bond donors (Lipinski definition) is 2. The Morgan fingerprint density at radius 1 is 1.12 bits per heavy atom. The second kappa shape index (κ2) is 6.87. The van der Waals surface area contributed by atoms with Crippen molar-refractivity contribution in [2.75, 3.05) is 12.4 Å². The molecule has 0 radical (unpaired) electrons. The highest BCUT2D eigenvalue weighted by atomic mass is 16.2. The number of fused-ring (bicyclic) bond motifs is 1. The monoisotopic (exact) mass is 322 g/mol. The molecule has 4 nitrogen and oxygen atoms in total. The SMILES string of the molecule is CNC(=O)c1ccc(C)c(NC(=O)C2CCCc3ccccc32)c1. The molecule has 4 heteroatoms. The molecule has 24 heavy (non-hydrogen) atoms. The van der Waals surface area contributed by atoms with E-state index in [1.165, 1.54) is 5.56 Å². The number of hydrogen-bond acceptors (Lipinski definition) is 2. The smallest absolute Gasteiger partial charge is 0.251 e. The molecule has 3 rings (SSSR count). The van der Waals surface area contributed by atoms with Gasteiger partial charge in [0.15, 0.2) is 0 Å². The Kier molecular flexibility index (Phi) is 4.65. The van der Waals surface area contributed by atoms with E-state index >= 15 is 0 Å². The van der Waals surface area contributed by atoms with Crippen molar-refractivity contribution in [2.45, 2.75) is 32.1 Å². The summed E-state index contributed by atoms with van der Waals surface area (Å²) in [4.78, 5) is 24.6. The van der Waals surface area contributed by atoms with Crippen LogP contribution in [0.5, 0.6) is 0 Å². The maximum Gasteiger partial charge on any atom is 0.251 e. The van der Waals surface area contributed by atoms with Crippen molar-refractivity contribution in [3.05, 3.63) is 64.7 Å². The third kappa shape index (κ3) is 3.18. The summed E-state index contributed by atoms with van der Waals surface area (Å²) >= 11 is 0. The summed E-state index contributed by atoms with van der Waals surface area (Å²) in [6, 6.07) is 13.5. The van der Waals surface area contributed by atoms with Crippen LogP contribution < -0.4 is 10.6 Å².